The van der Waals surface area contributed by atoms with Crippen LogP contribution in [0.5, 0.6) is 0 Å². The molecule has 1 aromatic heterocycles. The van der Waals surface area contributed by atoms with Gasteiger partial charge >= 0.3 is 4.87 Å². The van der Waals surface area contributed by atoms with Gasteiger partial charge in [0, 0.05) is 17.3 Å². The van der Waals surface area contributed by atoms with E-state index in [2.05, 4.69) is 5.32 Å². The summed E-state index contributed by atoms with van der Waals surface area (Å²) in [6.45, 7) is 3.96. The number of carbonyl (C=O) groups excluding carboxylic acids is 1. The minimum absolute atomic E-state index is 0.0645. The monoisotopic (exact) mass is 453 g/mol. The van der Waals surface area contributed by atoms with Crippen molar-refractivity contribution in [2.24, 2.45) is 0 Å². The highest BCUT2D eigenvalue weighted by atomic mass is 35.5. The van der Waals surface area contributed by atoms with Gasteiger partial charge in [0.25, 0.3) is 0 Å². The zero-order valence-corrected chi connectivity index (χ0v) is 18.4. The molecule has 0 aliphatic rings. The number of thiazole rings is 1. The zero-order valence-electron chi connectivity index (χ0n) is 16.0. The van der Waals surface area contributed by atoms with E-state index in [1.807, 2.05) is 6.92 Å². The predicted octanol–water partition coefficient (Wildman–Crippen LogP) is 3.53. The van der Waals surface area contributed by atoms with Crippen molar-refractivity contribution in [3.63, 3.8) is 0 Å². The van der Waals surface area contributed by atoms with Gasteiger partial charge in [-0.1, -0.05) is 22.9 Å². The molecule has 3 rings (SSSR count). The number of amides is 1. The maximum absolute atomic E-state index is 12.8. The van der Waals surface area contributed by atoms with Crippen molar-refractivity contribution in [2.45, 2.75) is 26.4 Å². The number of fused-ring (bicyclic) bond motifs is 1. The van der Waals surface area contributed by atoms with E-state index in [0.29, 0.717) is 22.9 Å². The number of halogens is 1. The maximum Gasteiger partial charge on any atom is 0.308 e. The smallest absolute Gasteiger partial charge is 0.308 e. The number of sulfonamides is 1. The van der Waals surface area contributed by atoms with Gasteiger partial charge in [0.2, 0.25) is 15.9 Å². The van der Waals surface area contributed by atoms with E-state index in [0.717, 1.165) is 32.1 Å². The normalized spacial score (nSPS) is 12.7. The first-order valence-corrected chi connectivity index (χ1v) is 11.9. The van der Waals surface area contributed by atoms with Crippen LogP contribution in [0.4, 0.5) is 11.4 Å². The van der Waals surface area contributed by atoms with Gasteiger partial charge in [-0.15, -0.1) is 0 Å². The highest BCUT2D eigenvalue weighted by Crippen LogP contribution is 2.25. The average Bonchev–Trinajstić information content (AvgIpc) is 2.96. The molecule has 0 bridgehead atoms. The van der Waals surface area contributed by atoms with Crippen LogP contribution in [0.1, 0.15) is 13.8 Å². The van der Waals surface area contributed by atoms with Crippen LogP contribution in [0.25, 0.3) is 10.2 Å². The zero-order chi connectivity index (χ0) is 21.3. The lowest BCUT2D eigenvalue weighted by Gasteiger charge is -2.28. The minimum atomic E-state index is -3.72. The van der Waals surface area contributed by atoms with Crippen molar-refractivity contribution in [3.8, 4) is 0 Å². The number of hydrogen-bond acceptors (Lipinski definition) is 5. The number of benzene rings is 2. The van der Waals surface area contributed by atoms with Gasteiger partial charge in [0.05, 0.1) is 22.2 Å². The number of nitrogens with zero attached hydrogens (tertiary/aromatic N) is 2. The first kappa shape index (κ1) is 21.4. The van der Waals surface area contributed by atoms with Gasteiger partial charge in [-0.05, 0) is 56.3 Å². The summed E-state index contributed by atoms with van der Waals surface area (Å²) in [7, 11) is -3.72. The molecule has 1 atom stereocenters. The van der Waals surface area contributed by atoms with Crippen LogP contribution < -0.4 is 14.5 Å². The molecule has 0 unspecified atom stereocenters. The van der Waals surface area contributed by atoms with Gasteiger partial charge in [-0.3, -0.25) is 18.5 Å². The molecule has 1 amide bonds. The van der Waals surface area contributed by atoms with Crippen molar-refractivity contribution >= 4 is 60.5 Å². The van der Waals surface area contributed by atoms with E-state index >= 15 is 0 Å². The molecule has 1 heterocycles. The fourth-order valence-corrected chi connectivity index (χ4v) is 5.38. The average molecular weight is 454 g/mol. The standard InChI is InChI=1S/C19H20ClN3O4S2/c1-4-22-16-10-7-14(11-17(16)28-19(22)25)21-18(24)12(2)23(29(3,26)27)15-8-5-13(20)6-9-15/h5-12H,4H2,1-3H3,(H,21,24)/t12-/m1/s1. The molecule has 0 aliphatic heterocycles. The number of nitrogens with one attached hydrogen (secondary N) is 1. The molecule has 154 valence electrons. The van der Waals surface area contributed by atoms with Crippen molar-refractivity contribution in [1.29, 1.82) is 0 Å². The molecular formula is C19H20ClN3O4S2. The molecule has 0 saturated carbocycles. The third-order valence-corrected chi connectivity index (χ3v) is 6.86. The first-order valence-electron chi connectivity index (χ1n) is 8.81. The summed E-state index contributed by atoms with van der Waals surface area (Å²) in [6.07, 6.45) is 1.04. The Labute approximate surface area is 177 Å². The van der Waals surface area contributed by atoms with E-state index in [9.17, 15) is 18.0 Å². The van der Waals surface area contributed by atoms with Crippen LogP contribution in [-0.4, -0.2) is 31.2 Å². The summed E-state index contributed by atoms with van der Waals surface area (Å²) in [6, 6.07) is 10.4. The third kappa shape index (κ3) is 4.47. The molecule has 7 nitrogen and oxygen atoms in total. The van der Waals surface area contributed by atoms with E-state index in [1.165, 1.54) is 6.92 Å². The Bertz CT molecular complexity index is 1220. The first-order chi connectivity index (χ1) is 13.6. The lowest BCUT2D eigenvalue weighted by molar-refractivity contribution is -0.116. The highest BCUT2D eigenvalue weighted by Gasteiger charge is 2.29. The lowest BCUT2D eigenvalue weighted by atomic mass is 10.2. The summed E-state index contributed by atoms with van der Waals surface area (Å²) in [5.41, 5.74) is 1.63. The van der Waals surface area contributed by atoms with Crippen LogP contribution in [0.3, 0.4) is 0 Å². The molecule has 0 spiro atoms. The van der Waals surface area contributed by atoms with Crippen LogP contribution >= 0.6 is 22.9 Å². The second-order valence-corrected chi connectivity index (χ2v) is 9.78. The molecule has 0 fully saturated rings. The SMILES string of the molecule is CCn1c(=O)sc2cc(NC(=O)[C@@H](C)N(c3ccc(Cl)cc3)S(C)(=O)=O)ccc21. The number of hydrogen-bond donors (Lipinski definition) is 1. The van der Waals surface area contributed by atoms with Gasteiger partial charge in [0.1, 0.15) is 6.04 Å². The Hall–Kier alpha value is -2.36. The number of carbonyl (C=O) groups is 1. The lowest BCUT2D eigenvalue weighted by Crippen LogP contribution is -2.45. The molecular weight excluding hydrogens is 434 g/mol. The summed E-state index contributed by atoms with van der Waals surface area (Å²) in [5.74, 6) is -0.494. The van der Waals surface area contributed by atoms with Gasteiger partial charge in [0.15, 0.2) is 0 Å². The van der Waals surface area contributed by atoms with Crippen molar-refractivity contribution < 1.29 is 13.2 Å². The molecule has 0 radical (unpaired) electrons. The number of rotatable bonds is 6. The summed E-state index contributed by atoms with van der Waals surface area (Å²) < 4.78 is 28.1. The Kier molecular flexibility index (Phi) is 6.02. The Morgan fingerprint density at radius 3 is 2.48 bits per heavy atom. The maximum atomic E-state index is 12.8. The van der Waals surface area contributed by atoms with Crippen LogP contribution in [0.2, 0.25) is 5.02 Å². The fourth-order valence-electron chi connectivity index (χ4n) is 3.09. The molecule has 10 heteroatoms. The Morgan fingerprint density at radius 2 is 1.90 bits per heavy atom. The molecule has 0 aliphatic carbocycles. The van der Waals surface area contributed by atoms with Crippen molar-refractivity contribution in [2.75, 3.05) is 15.9 Å². The fraction of sp³-hybridized carbons (Fsp3) is 0.263. The number of anilines is 2. The van der Waals surface area contributed by atoms with Gasteiger partial charge in [-0.25, -0.2) is 8.42 Å². The molecule has 1 N–H and O–H groups in total. The summed E-state index contributed by atoms with van der Waals surface area (Å²) >= 11 is 6.98. The quantitative estimate of drug-likeness (QED) is 0.618. The van der Waals surface area contributed by atoms with Crippen molar-refractivity contribution in [3.05, 3.63) is 57.2 Å². The van der Waals surface area contributed by atoms with Crippen LogP contribution in [0, 0.1) is 0 Å². The highest BCUT2D eigenvalue weighted by molar-refractivity contribution is 7.92. The predicted molar refractivity (Wildman–Crippen MR) is 119 cm³/mol. The second kappa shape index (κ2) is 8.17. The molecule has 29 heavy (non-hydrogen) atoms. The molecule has 3 aromatic rings. The Balaban J connectivity index is 1.89. The second-order valence-electron chi connectivity index (χ2n) is 6.50. The van der Waals surface area contributed by atoms with Crippen molar-refractivity contribution in [1.82, 2.24) is 4.57 Å². The van der Waals surface area contributed by atoms with Gasteiger partial charge in [-0.2, -0.15) is 0 Å². The summed E-state index contributed by atoms with van der Waals surface area (Å²) in [4.78, 5) is 24.7. The van der Waals surface area contributed by atoms with E-state index in [1.54, 1.807) is 47.0 Å². The number of aryl methyl sites for hydroxylation is 1. The van der Waals surface area contributed by atoms with Crippen LogP contribution in [0.15, 0.2) is 47.3 Å². The topological polar surface area (TPSA) is 88.5 Å². The molecule has 0 saturated heterocycles. The van der Waals surface area contributed by atoms with Gasteiger partial charge < -0.3 is 5.32 Å². The molecule has 2 aromatic carbocycles. The Morgan fingerprint density at radius 1 is 1.24 bits per heavy atom. The van der Waals surface area contributed by atoms with E-state index < -0.39 is 22.0 Å². The summed E-state index contributed by atoms with van der Waals surface area (Å²) in [5, 5.41) is 3.20. The van der Waals surface area contributed by atoms with E-state index in [4.69, 9.17) is 11.6 Å². The van der Waals surface area contributed by atoms with Crippen LogP contribution in [-0.2, 0) is 21.4 Å². The van der Waals surface area contributed by atoms with E-state index in [-0.39, 0.29) is 4.87 Å². The number of aromatic nitrogens is 1. The largest absolute Gasteiger partial charge is 0.324 e. The minimum Gasteiger partial charge on any atom is -0.324 e. The third-order valence-electron chi connectivity index (χ3n) is 4.42.